The van der Waals surface area contributed by atoms with Crippen molar-refractivity contribution in [2.45, 2.75) is 32.6 Å². The van der Waals surface area contributed by atoms with Crippen molar-refractivity contribution in [2.24, 2.45) is 22.4 Å². The predicted octanol–water partition coefficient (Wildman–Crippen LogP) is 3.11. The highest BCUT2D eigenvalue weighted by atomic mass is 14.9. The van der Waals surface area contributed by atoms with E-state index in [1.165, 1.54) is 5.57 Å². The van der Waals surface area contributed by atoms with E-state index in [1.807, 2.05) is 12.3 Å². The fourth-order valence-corrected chi connectivity index (χ4v) is 3.66. The van der Waals surface area contributed by atoms with Gasteiger partial charge in [0.05, 0.1) is 5.69 Å². The van der Waals surface area contributed by atoms with Crippen molar-refractivity contribution >= 4 is 23.8 Å². The molecule has 27 heavy (non-hydrogen) atoms. The predicted molar refractivity (Wildman–Crippen MR) is 114 cm³/mol. The quantitative estimate of drug-likeness (QED) is 0.514. The van der Waals surface area contributed by atoms with Gasteiger partial charge in [0.1, 0.15) is 5.82 Å². The maximum atomic E-state index is 6.36. The summed E-state index contributed by atoms with van der Waals surface area (Å²) in [4.78, 5) is 7.70. The van der Waals surface area contributed by atoms with Gasteiger partial charge in [0.2, 0.25) is 0 Å². The van der Waals surface area contributed by atoms with Gasteiger partial charge in [0.15, 0.2) is 0 Å². The third-order valence-electron chi connectivity index (χ3n) is 5.29. The van der Waals surface area contributed by atoms with Gasteiger partial charge in [0, 0.05) is 23.7 Å². The Balaban J connectivity index is 1.83. The largest absolute Gasteiger partial charge is 0.404 e. The number of nitrogens with zero attached hydrogens (tertiary/aromatic N) is 1. The number of aromatic amines is 1. The van der Waals surface area contributed by atoms with E-state index >= 15 is 0 Å². The van der Waals surface area contributed by atoms with Crippen LogP contribution in [0, 0.1) is 5.92 Å². The normalized spacial score (nSPS) is 20.0. The molecule has 0 amide bonds. The molecule has 8 N–H and O–H groups in total. The summed E-state index contributed by atoms with van der Waals surface area (Å²) >= 11 is 0. The first-order valence-electron chi connectivity index (χ1n) is 9.58. The summed E-state index contributed by atoms with van der Waals surface area (Å²) < 4.78 is 0. The van der Waals surface area contributed by atoms with Crippen molar-refractivity contribution in [3.8, 4) is 0 Å². The van der Waals surface area contributed by atoms with Crippen molar-refractivity contribution < 1.29 is 0 Å². The summed E-state index contributed by atoms with van der Waals surface area (Å²) in [5, 5.41) is 3.37. The van der Waals surface area contributed by atoms with Crippen LogP contribution in [0.1, 0.15) is 38.2 Å². The Kier molecular flexibility index (Phi) is 6.19. The van der Waals surface area contributed by atoms with Gasteiger partial charge in [0.25, 0.3) is 0 Å². The van der Waals surface area contributed by atoms with Crippen LogP contribution in [0.15, 0.2) is 52.0 Å². The lowest BCUT2D eigenvalue weighted by Gasteiger charge is -2.22. The van der Waals surface area contributed by atoms with Gasteiger partial charge in [-0.05, 0) is 80.6 Å². The molecule has 2 heterocycles. The minimum atomic E-state index is 0.445. The molecule has 1 saturated heterocycles. The first-order chi connectivity index (χ1) is 13.1. The molecule has 1 aliphatic carbocycles. The van der Waals surface area contributed by atoms with Crippen molar-refractivity contribution in [1.82, 2.24) is 10.3 Å². The molecule has 0 unspecified atom stereocenters. The van der Waals surface area contributed by atoms with Crippen molar-refractivity contribution in [1.29, 1.82) is 0 Å². The van der Waals surface area contributed by atoms with E-state index in [1.54, 1.807) is 12.4 Å². The average Bonchev–Trinajstić information content (AvgIpc) is 3.03. The molecule has 0 atom stereocenters. The zero-order valence-corrected chi connectivity index (χ0v) is 16.0. The molecule has 6 heteroatoms. The van der Waals surface area contributed by atoms with Crippen LogP contribution in [0.4, 0.5) is 11.5 Å². The summed E-state index contributed by atoms with van der Waals surface area (Å²) in [6.07, 6.45) is 15.9. The first-order valence-corrected chi connectivity index (χ1v) is 9.58. The number of piperidine rings is 1. The maximum Gasteiger partial charge on any atom is 0.110 e. The standard InChI is InChI=1S/C21H30N6/c1-14-4-2-3-5-17(14)19(23)10-18-20(13-27-21(18)24)26-12-16(11-22)15-6-8-25-9-7-15/h4-5,10-13,15,25,27H,2-3,6-9,22-24H2,1H3/b16-11+,19-10-,26-12?. The van der Waals surface area contributed by atoms with Crippen LogP contribution >= 0.6 is 0 Å². The molecule has 0 saturated carbocycles. The van der Waals surface area contributed by atoms with Gasteiger partial charge in [-0.25, -0.2) is 0 Å². The number of rotatable bonds is 5. The minimum absolute atomic E-state index is 0.445. The smallest absolute Gasteiger partial charge is 0.110 e. The van der Waals surface area contributed by atoms with E-state index in [0.717, 1.165) is 61.2 Å². The van der Waals surface area contributed by atoms with Gasteiger partial charge in [-0.15, -0.1) is 0 Å². The number of hydrogen-bond acceptors (Lipinski definition) is 5. The molecule has 6 nitrogen and oxygen atoms in total. The second-order valence-electron chi connectivity index (χ2n) is 7.13. The number of aliphatic imine (C=N–C) groups is 1. The summed E-state index contributed by atoms with van der Waals surface area (Å²) in [6.45, 7) is 4.11. The Labute approximate surface area is 161 Å². The third kappa shape index (κ3) is 4.52. The third-order valence-corrected chi connectivity index (χ3v) is 5.29. The fourth-order valence-electron chi connectivity index (χ4n) is 3.66. The van der Waals surface area contributed by atoms with E-state index in [4.69, 9.17) is 17.2 Å². The number of H-pyrrole nitrogens is 1. The molecule has 1 aromatic heterocycles. The molecule has 0 spiro atoms. The van der Waals surface area contributed by atoms with Crippen molar-refractivity contribution in [3.63, 3.8) is 0 Å². The highest BCUT2D eigenvalue weighted by molar-refractivity contribution is 5.85. The highest BCUT2D eigenvalue weighted by Gasteiger charge is 2.16. The lowest BCUT2D eigenvalue weighted by molar-refractivity contribution is 0.429. The summed E-state index contributed by atoms with van der Waals surface area (Å²) in [7, 11) is 0. The van der Waals surface area contributed by atoms with Crippen LogP contribution in [0.3, 0.4) is 0 Å². The van der Waals surface area contributed by atoms with Gasteiger partial charge in [-0.3, -0.25) is 4.99 Å². The van der Waals surface area contributed by atoms with Gasteiger partial charge in [-0.1, -0.05) is 12.2 Å². The SMILES string of the molecule is CC1=CCCC=C1/C(N)=C/c1c(N=C/C(=C\N)C2CCNCC2)c[nH]c1N. The summed E-state index contributed by atoms with van der Waals surface area (Å²) in [6, 6.07) is 0. The number of nitrogens with two attached hydrogens (primary N) is 3. The minimum Gasteiger partial charge on any atom is -0.404 e. The molecule has 3 rings (SSSR count). The molecular formula is C21H30N6. The van der Waals surface area contributed by atoms with Gasteiger partial charge in [-0.2, -0.15) is 0 Å². The molecule has 2 aliphatic rings. The molecule has 1 aliphatic heterocycles. The van der Waals surface area contributed by atoms with Gasteiger partial charge >= 0.3 is 0 Å². The van der Waals surface area contributed by atoms with E-state index in [-0.39, 0.29) is 0 Å². The van der Waals surface area contributed by atoms with E-state index in [2.05, 4.69) is 34.4 Å². The highest BCUT2D eigenvalue weighted by Crippen LogP contribution is 2.30. The average molecular weight is 367 g/mol. The molecule has 0 bridgehead atoms. The number of aromatic nitrogens is 1. The fraction of sp³-hybridized carbons (Fsp3) is 0.381. The lowest BCUT2D eigenvalue weighted by Crippen LogP contribution is -2.29. The summed E-state index contributed by atoms with van der Waals surface area (Å²) in [5.74, 6) is 1.00. The Bertz CT molecular complexity index is 816. The molecule has 0 radical (unpaired) electrons. The zero-order chi connectivity index (χ0) is 19.2. The number of hydrogen-bond donors (Lipinski definition) is 5. The van der Waals surface area contributed by atoms with E-state index < -0.39 is 0 Å². The Morgan fingerprint density at radius 3 is 2.67 bits per heavy atom. The van der Waals surface area contributed by atoms with Crippen LogP contribution in [-0.2, 0) is 0 Å². The molecule has 1 aromatic rings. The topological polar surface area (TPSA) is 118 Å². The van der Waals surface area contributed by atoms with Crippen LogP contribution in [0.5, 0.6) is 0 Å². The monoisotopic (exact) mass is 366 g/mol. The van der Waals surface area contributed by atoms with Crippen LogP contribution in [0.2, 0.25) is 0 Å². The van der Waals surface area contributed by atoms with Crippen molar-refractivity contribution in [2.75, 3.05) is 18.8 Å². The van der Waals surface area contributed by atoms with Crippen molar-refractivity contribution in [3.05, 3.63) is 52.5 Å². The Morgan fingerprint density at radius 2 is 1.96 bits per heavy atom. The zero-order valence-electron chi connectivity index (χ0n) is 16.0. The second-order valence-corrected chi connectivity index (χ2v) is 7.13. The van der Waals surface area contributed by atoms with Crippen LogP contribution < -0.4 is 22.5 Å². The lowest BCUT2D eigenvalue weighted by atomic mass is 9.91. The number of nitrogens with one attached hydrogen (secondary N) is 2. The molecular weight excluding hydrogens is 336 g/mol. The molecule has 144 valence electrons. The number of anilines is 1. The first kappa shape index (κ1) is 19.0. The van der Waals surface area contributed by atoms with E-state index in [0.29, 0.717) is 17.4 Å². The van der Waals surface area contributed by atoms with E-state index in [9.17, 15) is 0 Å². The number of allylic oxidation sites excluding steroid dienone is 4. The maximum absolute atomic E-state index is 6.36. The second kappa shape index (κ2) is 8.77. The van der Waals surface area contributed by atoms with Crippen LogP contribution in [-0.4, -0.2) is 24.3 Å². The van der Waals surface area contributed by atoms with Crippen LogP contribution in [0.25, 0.3) is 6.08 Å². The number of nitrogen functional groups attached to an aromatic ring is 1. The summed E-state index contributed by atoms with van der Waals surface area (Å²) in [5.41, 5.74) is 24.0. The Morgan fingerprint density at radius 1 is 1.22 bits per heavy atom. The Hall–Kier alpha value is -2.73. The molecule has 0 aromatic carbocycles. The molecule has 1 fully saturated rings. The van der Waals surface area contributed by atoms with Gasteiger partial charge < -0.3 is 27.5 Å².